The largest absolute Gasteiger partial charge is 0.462 e. The predicted octanol–water partition coefficient (Wildman–Crippen LogP) is -3.12. The molecule has 0 aromatic rings. The van der Waals surface area contributed by atoms with E-state index in [1.165, 1.54) is 13.0 Å². The number of rotatable bonds is 13. The molecule has 6 rings (SSSR count). The van der Waals surface area contributed by atoms with Gasteiger partial charge in [-0.2, -0.15) is 0 Å². The molecule has 1 amide bonds. The number of hydrogen-bond acceptors (Lipinski definition) is 28. The van der Waals surface area contributed by atoms with Crippen LogP contribution in [0, 0.1) is 17.8 Å². The summed E-state index contributed by atoms with van der Waals surface area (Å²) in [6, 6.07) is -1.46. The number of hydrogen-bond donors (Lipinski definition) is 19. The second-order valence-corrected chi connectivity index (χ2v) is 26.6. The molecule has 6 heterocycles. The van der Waals surface area contributed by atoms with Gasteiger partial charge in [0.1, 0.15) is 54.9 Å². The third-order valence-electron chi connectivity index (χ3n) is 18.8. The molecule has 5 saturated heterocycles. The quantitative estimate of drug-likeness (QED) is 0.0641. The Hall–Kier alpha value is -3.88. The molecule has 6 aliphatic rings. The zero-order valence-electron chi connectivity index (χ0n) is 55.3. The fourth-order valence-corrected chi connectivity index (χ4v) is 12.8. The molecule has 5 unspecified atom stereocenters. The van der Waals surface area contributed by atoms with Gasteiger partial charge in [-0.05, 0) is 72.0 Å². The maximum absolute atomic E-state index is 14.4. The van der Waals surface area contributed by atoms with E-state index >= 15 is 0 Å². The van der Waals surface area contributed by atoms with E-state index in [9.17, 15) is 96.4 Å². The summed E-state index contributed by atoms with van der Waals surface area (Å²) < 4.78 is 41.0. The van der Waals surface area contributed by atoms with Crippen molar-refractivity contribution in [1.29, 1.82) is 0 Å². The van der Waals surface area contributed by atoms with Crippen molar-refractivity contribution in [2.75, 3.05) is 45.9 Å². The average molecular weight is 1370 g/mol. The highest BCUT2D eigenvalue weighted by atomic mass is 16.7. The van der Waals surface area contributed by atoms with Crippen molar-refractivity contribution in [3.05, 3.63) is 85.1 Å². The summed E-state index contributed by atoms with van der Waals surface area (Å²) in [5.74, 6) is -8.69. The lowest BCUT2D eigenvalue weighted by molar-refractivity contribution is -0.368. The second-order valence-electron chi connectivity index (χ2n) is 26.6. The van der Waals surface area contributed by atoms with Gasteiger partial charge in [0.05, 0.1) is 105 Å². The Morgan fingerprint density at radius 2 is 1.25 bits per heavy atom. The fourth-order valence-electron chi connectivity index (χ4n) is 12.8. The number of esters is 1. The topological polar surface area (TPSA) is 470 Å². The van der Waals surface area contributed by atoms with E-state index in [1.807, 2.05) is 6.92 Å². The molecular formula is C67H109N3O26. The molecule has 5 fully saturated rings. The molecule has 0 aromatic heterocycles. The third kappa shape index (κ3) is 24.2. The number of fused-ring (bicyclic) bond motifs is 2. The molecule has 0 aromatic carbocycles. The fraction of sp³-hybridized carbons (Fsp3) is 0.761. The first-order valence-electron chi connectivity index (χ1n) is 33.7. The van der Waals surface area contributed by atoms with Crippen LogP contribution in [0.3, 0.4) is 0 Å². The highest BCUT2D eigenvalue weighted by Gasteiger charge is 2.55. The summed E-state index contributed by atoms with van der Waals surface area (Å²) >= 11 is 0. The van der Waals surface area contributed by atoms with Crippen molar-refractivity contribution >= 4 is 11.9 Å². The molecule has 0 saturated carbocycles. The molecular weight excluding hydrogens is 1260 g/mol. The number of cyclic esters (lactones) is 1. The number of ether oxygens (including phenoxy) is 7. The minimum absolute atomic E-state index is 0.149. The Morgan fingerprint density at radius 3 is 1.90 bits per heavy atom. The van der Waals surface area contributed by atoms with Crippen LogP contribution in [0.25, 0.3) is 0 Å². The lowest BCUT2D eigenvalue weighted by Gasteiger charge is -2.48. The monoisotopic (exact) mass is 1370 g/mol. The number of likely N-dealkylation sites (tertiary alicyclic amines) is 1. The summed E-state index contributed by atoms with van der Waals surface area (Å²) in [4.78, 5) is 29.5. The molecule has 0 spiro atoms. The first kappa shape index (κ1) is 81.1. The maximum atomic E-state index is 14.4. The van der Waals surface area contributed by atoms with Crippen molar-refractivity contribution in [2.45, 2.75) is 257 Å². The van der Waals surface area contributed by atoms with Crippen molar-refractivity contribution < 1.29 is 130 Å². The predicted molar refractivity (Wildman–Crippen MR) is 343 cm³/mol. The Labute approximate surface area is 560 Å². The molecule has 0 aliphatic carbocycles. The van der Waals surface area contributed by atoms with Gasteiger partial charge in [-0.3, -0.25) is 9.59 Å². The van der Waals surface area contributed by atoms with Gasteiger partial charge in [0.2, 0.25) is 11.7 Å². The molecule has 0 radical (unpaired) electrons. The summed E-state index contributed by atoms with van der Waals surface area (Å²) in [6.45, 7) is 7.09. The van der Waals surface area contributed by atoms with Crippen LogP contribution in [0.15, 0.2) is 85.1 Å². The van der Waals surface area contributed by atoms with E-state index in [2.05, 4.69) is 15.5 Å². The summed E-state index contributed by atoms with van der Waals surface area (Å²) in [6.07, 6.45) is -9.47. The third-order valence-corrected chi connectivity index (χ3v) is 18.8. The number of allylic oxidation sites excluding steroid dienone is 12. The number of aliphatic hydroxyl groups is 17. The number of nitrogens with zero attached hydrogens (tertiary/aromatic N) is 1. The van der Waals surface area contributed by atoms with Crippen LogP contribution < -0.4 is 10.6 Å². The Bertz CT molecular complexity index is 2540. The van der Waals surface area contributed by atoms with E-state index in [0.29, 0.717) is 13.0 Å². The minimum atomic E-state index is -2.67. The number of nitrogens with one attached hydrogen (secondary N) is 2. The van der Waals surface area contributed by atoms with Crippen molar-refractivity contribution in [3.8, 4) is 0 Å². The van der Waals surface area contributed by atoms with Gasteiger partial charge < -0.3 is 136 Å². The standard InChI is InChI=1S/C67H109N3O26/c1-38-21-16-13-11-9-7-5-6-8-10-12-14-17-22-45(93-64-58(83)54(56(81)41(4)92-64)69-37-67(89)62(86)61(49(78)36-90-67)95-65-60(85)59(84)57(82)51(35-71)94-65)32-50-53(63(87)68-25-20-28-70-26-18-15-19-27-70)48(77)34-66(88,96-50)33-44(74)30-47(76)46(75)24-23-42(72)29-43(73)31-52(79)91-40(3)39(2)55(38)80/h5-14,16-17,21-22,38-51,53-62,64-65,69,71-78,80-86,88-89H,15,18-20,23-37H2,1-4H3,(H,68,87)/b6-5+,9-7+,10-8+,13-11+,14-12+,21-16+,22-17?/t38-,39?,40-,41+,42+,43+,44-,45-,46+,47+,48-,49+,50?,51+,53?,54-,55+,56+,57+,58-,59-,60+,61+,62-,64?,65?,66+,67+/m0/s1. The lowest BCUT2D eigenvalue weighted by Crippen LogP contribution is -2.70. The van der Waals surface area contributed by atoms with E-state index in [0.717, 1.165) is 32.4 Å². The van der Waals surface area contributed by atoms with Gasteiger partial charge in [-0.15, -0.1) is 0 Å². The zero-order chi connectivity index (χ0) is 70.4. The number of carbonyl (C=O) groups is 2. The minimum Gasteiger partial charge on any atom is -0.462 e. The molecule has 19 N–H and O–H groups in total. The molecule has 2 bridgehead atoms. The van der Waals surface area contributed by atoms with Crippen LogP contribution in [0.2, 0.25) is 0 Å². The van der Waals surface area contributed by atoms with Gasteiger partial charge in [-0.1, -0.05) is 105 Å². The number of aliphatic hydroxyl groups excluding tert-OH is 15. The van der Waals surface area contributed by atoms with Crippen molar-refractivity contribution in [2.24, 2.45) is 17.8 Å². The van der Waals surface area contributed by atoms with E-state index in [-0.39, 0.29) is 38.1 Å². The number of carbonyl (C=O) groups excluding carboxylic acids is 2. The highest BCUT2D eigenvalue weighted by Crippen LogP contribution is 2.39. The van der Waals surface area contributed by atoms with Gasteiger partial charge >= 0.3 is 5.97 Å². The molecule has 29 nitrogen and oxygen atoms in total. The van der Waals surface area contributed by atoms with E-state index < -0.39 is 221 Å². The first-order valence-corrected chi connectivity index (χ1v) is 33.7. The van der Waals surface area contributed by atoms with Crippen LogP contribution in [-0.2, 0) is 42.7 Å². The normalized spacial score (nSPS) is 45.2. The molecule has 96 heavy (non-hydrogen) atoms. The van der Waals surface area contributed by atoms with Crippen LogP contribution in [0.1, 0.15) is 105 Å². The lowest BCUT2D eigenvalue weighted by atomic mass is 9.82. The summed E-state index contributed by atoms with van der Waals surface area (Å²) in [5.41, 5.74) is 0. The smallest absolute Gasteiger partial charge is 0.308 e. The first-order chi connectivity index (χ1) is 45.5. The van der Waals surface area contributed by atoms with Crippen LogP contribution in [-0.4, -0.2) is 302 Å². The van der Waals surface area contributed by atoms with Crippen molar-refractivity contribution in [1.82, 2.24) is 15.5 Å². The number of amides is 1. The van der Waals surface area contributed by atoms with Gasteiger partial charge in [0, 0.05) is 44.1 Å². The zero-order valence-corrected chi connectivity index (χ0v) is 55.3. The Kier molecular flexibility index (Phi) is 33.2. The highest BCUT2D eigenvalue weighted by molar-refractivity contribution is 5.80. The van der Waals surface area contributed by atoms with E-state index in [1.54, 1.807) is 92.8 Å². The van der Waals surface area contributed by atoms with E-state index in [4.69, 9.17) is 33.2 Å². The summed E-state index contributed by atoms with van der Waals surface area (Å²) in [5, 5.41) is 195. The maximum Gasteiger partial charge on any atom is 0.308 e. The van der Waals surface area contributed by atoms with Crippen molar-refractivity contribution in [3.63, 3.8) is 0 Å². The SMILES string of the molecule is CC1[C@H](C)OC(=O)C[C@H](O)C[C@H](O)CC[C@@H](O)[C@H](O)C[C@H](O)C[C@]2(O)C[C@H](O)C(C(=O)NCCCN3CCCCC3)C(C[C@@H](OC3O[C@H](C)[C@@H](O)[C@H](NC[C@@]4(O)OC[C@@H](O)[C@@H](OC5O[C@H](CO)[C@@H](O)[C@H](O)[C@H]5O)[C@@H]4O)[C@@H]3O)C=C/C=C/C=C/C=C/C=C/C=C/C=C/[C@H](C)[C@H]1O)O2. The Morgan fingerprint density at radius 1 is 0.625 bits per heavy atom. The van der Waals surface area contributed by atoms with Crippen LogP contribution >= 0.6 is 0 Å². The van der Waals surface area contributed by atoms with Crippen LogP contribution in [0.4, 0.5) is 0 Å². The average Bonchev–Trinajstić information content (AvgIpc) is 0.818. The van der Waals surface area contributed by atoms with Gasteiger partial charge in [0.25, 0.3) is 0 Å². The summed E-state index contributed by atoms with van der Waals surface area (Å²) in [7, 11) is 0. The molecule has 6 aliphatic heterocycles. The molecule has 28 atom stereocenters. The van der Waals surface area contributed by atoms with Gasteiger partial charge in [-0.25, -0.2) is 0 Å². The van der Waals surface area contributed by atoms with Gasteiger partial charge in [0.15, 0.2) is 18.4 Å². The molecule has 548 valence electrons. The Balaban J connectivity index is 1.26. The number of piperidine rings is 1. The second kappa shape index (κ2) is 39.4. The molecule has 29 heteroatoms. The van der Waals surface area contributed by atoms with Crippen LogP contribution in [0.5, 0.6) is 0 Å².